The van der Waals surface area contributed by atoms with Gasteiger partial charge in [0.15, 0.2) is 11.5 Å². The molecule has 0 radical (unpaired) electrons. The van der Waals surface area contributed by atoms with E-state index in [1.807, 2.05) is 0 Å². The molecule has 1 aromatic carbocycles. The lowest BCUT2D eigenvalue weighted by Crippen LogP contribution is -2.34. The first-order chi connectivity index (χ1) is 16.0. The zero-order chi connectivity index (χ0) is 23.2. The summed E-state index contributed by atoms with van der Waals surface area (Å²) in [7, 11) is 1.33. The van der Waals surface area contributed by atoms with E-state index in [4.69, 9.17) is 9.72 Å². The third-order valence-corrected chi connectivity index (χ3v) is 5.78. The van der Waals surface area contributed by atoms with Crippen LogP contribution >= 0.6 is 0 Å². The minimum atomic E-state index is -0.561. The molecule has 0 spiro atoms. The third-order valence-electron chi connectivity index (χ3n) is 5.78. The fourth-order valence-electron chi connectivity index (χ4n) is 4.01. The van der Waals surface area contributed by atoms with Crippen molar-refractivity contribution in [1.29, 1.82) is 0 Å². The monoisotopic (exact) mass is 456 g/mol. The van der Waals surface area contributed by atoms with Crippen LogP contribution < -0.4 is 20.0 Å². The number of hydrogen-bond donors (Lipinski definition) is 2. The van der Waals surface area contributed by atoms with Crippen LogP contribution in [0.1, 0.15) is 44.1 Å². The van der Waals surface area contributed by atoms with Crippen LogP contribution in [0.25, 0.3) is 0 Å². The number of nitro benzene ring substituents is 1. The Hall–Kier alpha value is -3.70. The summed E-state index contributed by atoms with van der Waals surface area (Å²) in [5, 5.41) is 25.6. The zero-order valence-corrected chi connectivity index (χ0v) is 18.6. The van der Waals surface area contributed by atoms with Gasteiger partial charge in [-0.2, -0.15) is 20.1 Å². The molecule has 2 saturated heterocycles. The lowest BCUT2D eigenvalue weighted by molar-refractivity contribution is -0.385. The Balaban J connectivity index is 1.60. The van der Waals surface area contributed by atoms with Crippen molar-refractivity contribution in [3.8, 4) is 11.5 Å². The number of aromatic hydroxyl groups is 1. The van der Waals surface area contributed by atoms with Gasteiger partial charge in [0.1, 0.15) is 0 Å². The maximum absolute atomic E-state index is 11.2. The Labute approximate surface area is 191 Å². The van der Waals surface area contributed by atoms with E-state index in [1.54, 1.807) is 0 Å². The Morgan fingerprint density at radius 3 is 2.12 bits per heavy atom. The highest BCUT2D eigenvalue weighted by molar-refractivity contribution is 5.86. The van der Waals surface area contributed by atoms with Crippen LogP contribution in [0.2, 0.25) is 0 Å². The molecule has 2 aliphatic rings. The zero-order valence-electron chi connectivity index (χ0n) is 18.6. The molecule has 2 fully saturated rings. The van der Waals surface area contributed by atoms with Crippen LogP contribution in [0, 0.1) is 10.1 Å². The summed E-state index contributed by atoms with van der Waals surface area (Å²) in [6, 6.07) is 2.37. The Bertz CT molecular complexity index is 983. The molecule has 0 saturated carbocycles. The van der Waals surface area contributed by atoms with E-state index in [1.165, 1.54) is 32.2 Å². The molecule has 2 aliphatic heterocycles. The highest BCUT2D eigenvalue weighted by atomic mass is 16.6. The van der Waals surface area contributed by atoms with Crippen LogP contribution in [0.15, 0.2) is 17.2 Å². The summed E-state index contributed by atoms with van der Waals surface area (Å²) in [4.78, 5) is 28.7. The number of non-ortho nitro benzene ring substituents is 1. The first kappa shape index (κ1) is 22.5. The normalized spacial score (nSPS) is 16.8. The van der Waals surface area contributed by atoms with E-state index in [0.717, 1.165) is 57.9 Å². The van der Waals surface area contributed by atoms with Crippen LogP contribution in [-0.4, -0.2) is 64.5 Å². The standard InChI is InChI=1S/C21H28N8O4/c1-33-17-13-16(29(31)32)12-15(18(17)30)14-22-26-19-23-20(27-8-4-2-5-9-27)25-21(24-19)28-10-6-3-7-11-28/h12-14,30H,2-11H2,1H3,(H,23,24,25,26)/b22-14+. The van der Waals surface area contributed by atoms with E-state index in [9.17, 15) is 15.2 Å². The van der Waals surface area contributed by atoms with Crippen molar-refractivity contribution in [3.05, 3.63) is 27.8 Å². The second-order valence-corrected chi connectivity index (χ2v) is 8.07. The smallest absolute Gasteiger partial charge is 0.274 e. The van der Waals surface area contributed by atoms with Gasteiger partial charge in [-0.3, -0.25) is 10.1 Å². The summed E-state index contributed by atoms with van der Waals surface area (Å²) in [6.07, 6.45) is 8.06. The number of benzene rings is 1. The molecule has 4 rings (SSSR count). The second-order valence-electron chi connectivity index (χ2n) is 8.07. The Morgan fingerprint density at radius 1 is 1.03 bits per heavy atom. The lowest BCUT2D eigenvalue weighted by atomic mass is 10.1. The van der Waals surface area contributed by atoms with Gasteiger partial charge in [-0.05, 0) is 38.5 Å². The quantitative estimate of drug-likeness (QED) is 0.363. The van der Waals surface area contributed by atoms with Gasteiger partial charge in [-0.25, -0.2) is 5.43 Å². The molecule has 2 N–H and O–H groups in total. The second kappa shape index (κ2) is 10.3. The van der Waals surface area contributed by atoms with Crippen LogP contribution in [-0.2, 0) is 0 Å². The maximum Gasteiger partial charge on any atom is 0.274 e. The molecule has 1 aromatic heterocycles. The van der Waals surface area contributed by atoms with Gasteiger partial charge in [0.2, 0.25) is 17.8 Å². The number of nitro groups is 1. The number of nitrogens with one attached hydrogen (secondary N) is 1. The van der Waals surface area contributed by atoms with Crippen LogP contribution in [0.4, 0.5) is 23.5 Å². The number of anilines is 3. The topological polar surface area (TPSA) is 142 Å². The van der Waals surface area contributed by atoms with Gasteiger partial charge in [0.05, 0.1) is 24.3 Å². The maximum atomic E-state index is 11.2. The average Bonchev–Trinajstić information content (AvgIpc) is 2.86. The number of hydrazone groups is 1. The van der Waals surface area contributed by atoms with Crippen molar-refractivity contribution < 1.29 is 14.8 Å². The molecule has 3 heterocycles. The molecule has 0 bridgehead atoms. The van der Waals surface area contributed by atoms with Crippen LogP contribution in [0.5, 0.6) is 11.5 Å². The molecule has 0 amide bonds. The Kier molecular flexibility index (Phi) is 7.01. The van der Waals surface area contributed by atoms with E-state index >= 15 is 0 Å². The van der Waals surface area contributed by atoms with Gasteiger partial charge in [0.25, 0.3) is 5.69 Å². The average molecular weight is 457 g/mol. The molecule has 0 aliphatic carbocycles. The summed E-state index contributed by atoms with van der Waals surface area (Å²) in [6.45, 7) is 3.59. The minimum absolute atomic E-state index is 0.00872. The molecule has 0 atom stereocenters. The first-order valence-corrected chi connectivity index (χ1v) is 11.2. The number of methoxy groups -OCH3 is 1. The lowest BCUT2D eigenvalue weighted by Gasteiger charge is -2.30. The molecule has 12 heteroatoms. The number of nitrogens with zero attached hydrogens (tertiary/aromatic N) is 7. The SMILES string of the molecule is COc1cc([N+](=O)[O-])cc(/C=N/Nc2nc(N3CCCCC3)nc(N3CCCCC3)n2)c1O. The van der Waals surface area contributed by atoms with Gasteiger partial charge in [-0.1, -0.05) is 0 Å². The van der Waals surface area contributed by atoms with Crippen LogP contribution in [0.3, 0.4) is 0 Å². The van der Waals surface area contributed by atoms with Gasteiger partial charge in [-0.15, -0.1) is 0 Å². The summed E-state index contributed by atoms with van der Waals surface area (Å²) >= 11 is 0. The molecular weight excluding hydrogens is 428 g/mol. The number of phenols is 1. The van der Waals surface area contributed by atoms with E-state index < -0.39 is 4.92 Å². The Morgan fingerprint density at radius 2 is 1.61 bits per heavy atom. The van der Waals surface area contributed by atoms with Gasteiger partial charge < -0.3 is 19.6 Å². The number of rotatable bonds is 7. The molecule has 12 nitrogen and oxygen atoms in total. The third kappa shape index (κ3) is 5.38. The van der Waals surface area contributed by atoms with E-state index in [0.29, 0.717) is 11.9 Å². The fourth-order valence-corrected chi connectivity index (χ4v) is 4.01. The number of phenolic OH excluding ortho intramolecular Hbond substituents is 1. The summed E-state index contributed by atoms with van der Waals surface area (Å²) in [5.74, 6) is 1.25. The minimum Gasteiger partial charge on any atom is -0.504 e. The fraction of sp³-hybridized carbons (Fsp3) is 0.524. The van der Waals surface area contributed by atoms with Crippen molar-refractivity contribution in [2.24, 2.45) is 5.10 Å². The van der Waals surface area contributed by atoms with Gasteiger partial charge >= 0.3 is 0 Å². The highest BCUT2D eigenvalue weighted by Gasteiger charge is 2.20. The summed E-state index contributed by atoms with van der Waals surface area (Å²) in [5.41, 5.74) is 2.72. The highest BCUT2D eigenvalue weighted by Crippen LogP contribution is 2.33. The van der Waals surface area contributed by atoms with Gasteiger partial charge in [0, 0.05) is 37.8 Å². The van der Waals surface area contributed by atoms with Crippen molar-refractivity contribution in [2.75, 3.05) is 48.5 Å². The van der Waals surface area contributed by atoms with E-state index in [2.05, 4.69) is 30.3 Å². The molecule has 0 unspecified atom stereocenters. The summed E-state index contributed by atoms with van der Waals surface area (Å²) < 4.78 is 5.03. The number of piperidine rings is 2. The number of aromatic nitrogens is 3. The van der Waals surface area contributed by atoms with Crippen molar-refractivity contribution in [3.63, 3.8) is 0 Å². The van der Waals surface area contributed by atoms with Crippen molar-refractivity contribution in [2.45, 2.75) is 38.5 Å². The molecular formula is C21H28N8O4. The molecule has 176 valence electrons. The number of ether oxygens (including phenoxy) is 1. The first-order valence-electron chi connectivity index (χ1n) is 11.2. The van der Waals surface area contributed by atoms with E-state index in [-0.39, 0.29) is 28.7 Å². The largest absolute Gasteiger partial charge is 0.504 e. The predicted molar refractivity (Wildman–Crippen MR) is 124 cm³/mol. The molecule has 33 heavy (non-hydrogen) atoms. The van der Waals surface area contributed by atoms with Crippen molar-refractivity contribution in [1.82, 2.24) is 15.0 Å². The molecule has 2 aromatic rings. The van der Waals surface area contributed by atoms with Crippen molar-refractivity contribution >= 4 is 29.7 Å². The number of hydrogen-bond acceptors (Lipinski definition) is 11. The predicted octanol–water partition coefficient (Wildman–Crippen LogP) is 2.92.